The predicted octanol–water partition coefficient (Wildman–Crippen LogP) is 12.0. The lowest BCUT2D eigenvalue weighted by Gasteiger charge is -2.03. The summed E-state index contributed by atoms with van der Waals surface area (Å²) in [6.45, 7) is 0. The molecule has 0 amide bonds. The van der Waals surface area contributed by atoms with E-state index in [0.717, 1.165) is 11.1 Å². The molecule has 0 aliphatic rings. The lowest BCUT2D eigenvalue weighted by molar-refractivity contribution is 1.65. The molecule has 0 aliphatic heterocycles. The highest BCUT2D eigenvalue weighted by molar-refractivity contribution is 5.91. The SMILES string of the molecule is C(#Cc1ccc2cc(/C=C/c3ccc4ccccc4c3)ccc2c1)c1ccc2cc(/C=C/c3ccc4ccccc4c3)ccc2c1. The zero-order chi connectivity index (χ0) is 30.7. The summed E-state index contributed by atoms with van der Waals surface area (Å²) < 4.78 is 0. The molecule has 8 rings (SSSR count). The molecule has 8 aromatic rings. The highest BCUT2D eigenvalue weighted by Gasteiger charge is 2.00. The van der Waals surface area contributed by atoms with Crippen LogP contribution in [0.1, 0.15) is 33.4 Å². The molecule has 0 heterocycles. The Morgan fingerprint density at radius 3 is 0.935 bits per heavy atom. The molecular weight excluding hydrogens is 553 g/mol. The molecule has 46 heavy (non-hydrogen) atoms. The highest BCUT2D eigenvalue weighted by atomic mass is 14.0. The monoisotopic (exact) mass is 582 g/mol. The van der Waals surface area contributed by atoms with Gasteiger partial charge in [0.15, 0.2) is 0 Å². The largest absolute Gasteiger partial charge is 0.0616 e. The minimum Gasteiger partial charge on any atom is -0.0616 e. The molecule has 0 unspecified atom stereocenters. The number of benzene rings is 8. The van der Waals surface area contributed by atoms with E-state index in [0.29, 0.717) is 0 Å². The van der Waals surface area contributed by atoms with Gasteiger partial charge in [-0.05, 0) is 114 Å². The second kappa shape index (κ2) is 12.1. The quantitative estimate of drug-likeness (QED) is 0.143. The fourth-order valence-corrected chi connectivity index (χ4v) is 6.04. The maximum Gasteiger partial charge on any atom is 0.0255 e. The average molecular weight is 583 g/mol. The van der Waals surface area contributed by atoms with Crippen molar-refractivity contribution in [3.8, 4) is 11.8 Å². The first kappa shape index (κ1) is 27.4. The summed E-state index contributed by atoms with van der Waals surface area (Å²) >= 11 is 0. The lowest BCUT2D eigenvalue weighted by Crippen LogP contribution is -1.81. The zero-order valence-corrected chi connectivity index (χ0v) is 25.3. The third kappa shape index (κ3) is 5.96. The van der Waals surface area contributed by atoms with Crippen molar-refractivity contribution >= 4 is 67.4 Å². The summed E-state index contributed by atoms with van der Waals surface area (Å²) in [5, 5.41) is 9.85. The van der Waals surface area contributed by atoms with Crippen LogP contribution in [0, 0.1) is 11.8 Å². The van der Waals surface area contributed by atoms with Crippen molar-refractivity contribution in [2.24, 2.45) is 0 Å². The molecule has 0 fully saturated rings. The average Bonchev–Trinajstić information content (AvgIpc) is 3.11. The van der Waals surface area contributed by atoms with E-state index >= 15 is 0 Å². The molecule has 8 aromatic carbocycles. The van der Waals surface area contributed by atoms with Gasteiger partial charge in [0.1, 0.15) is 0 Å². The fourth-order valence-electron chi connectivity index (χ4n) is 6.04. The van der Waals surface area contributed by atoms with Crippen LogP contribution in [0.3, 0.4) is 0 Å². The summed E-state index contributed by atoms with van der Waals surface area (Å²) in [7, 11) is 0. The van der Waals surface area contributed by atoms with Crippen LogP contribution in [0.4, 0.5) is 0 Å². The topological polar surface area (TPSA) is 0 Å². The van der Waals surface area contributed by atoms with Crippen LogP contribution in [0.15, 0.2) is 158 Å². The summed E-state index contributed by atoms with van der Waals surface area (Å²) in [5.41, 5.74) is 6.80. The van der Waals surface area contributed by atoms with Gasteiger partial charge in [0.2, 0.25) is 0 Å². The summed E-state index contributed by atoms with van der Waals surface area (Å²) in [6, 6.07) is 56.2. The number of rotatable bonds is 4. The minimum atomic E-state index is 1.02. The molecule has 0 N–H and O–H groups in total. The first-order valence-corrected chi connectivity index (χ1v) is 15.7. The lowest BCUT2D eigenvalue weighted by atomic mass is 10.0. The molecule has 0 bridgehead atoms. The van der Waals surface area contributed by atoms with Crippen LogP contribution >= 0.6 is 0 Å². The van der Waals surface area contributed by atoms with Gasteiger partial charge >= 0.3 is 0 Å². The van der Waals surface area contributed by atoms with E-state index in [1.54, 1.807) is 0 Å². The fraction of sp³-hybridized carbons (Fsp3) is 0. The molecule has 0 atom stereocenters. The second-order valence-corrected chi connectivity index (χ2v) is 11.8. The van der Waals surface area contributed by atoms with Gasteiger partial charge in [-0.1, -0.05) is 145 Å². The van der Waals surface area contributed by atoms with Gasteiger partial charge in [0.25, 0.3) is 0 Å². The molecular formula is C46H30. The van der Waals surface area contributed by atoms with Crippen molar-refractivity contribution in [3.05, 3.63) is 191 Å². The summed E-state index contributed by atoms with van der Waals surface area (Å²) in [5.74, 6) is 6.76. The van der Waals surface area contributed by atoms with Crippen LogP contribution in [0.5, 0.6) is 0 Å². The molecule has 0 radical (unpaired) electrons. The van der Waals surface area contributed by atoms with E-state index in [1.165, 1.54) is 65.3 Å². The Morgan fingerprint density at radius 1 is 0.261 bits per heavy atom. The van der Waals surface area contributed by atoms with Crippen molar-refractivity contribution < 1.29 is 0 Å². The summed E-state index contributed by atoms with van der Waals surface area (Å²) in [4.78, 5) is 0. The van der Waals surface area contributed by atoms with Crippen molar-refractivity contribution in [3.63, 3.8) is 0 Å². The van der Waals surface area contributed by atoms with Gasteiger partial charge in [-0.25, -0.2) is 0 Å². The van der Waals surface area contributed by atoms with Crippen molar-refractivity contribution in [1.82, 2.24) is 0 Å². The Balaban J connectivity index is 0.970. The van der Waals surface area contributed by atoms with Crippen LogP contribution in [-0.4, -0.2) is 0 Å². The Hall–Kier alpha value is -6.16. The highest BCUT2D eigenvalue weighted by Crippen LogP contribution is 2.23. The van der Waals surface area contributed by atoms with Crippen LogP contribution < -0.4 is 0 Å². The molecule has 0 aliphatic carbocycles. The van der Waals surface area contributed by atoms with Gasteiger partial charge in [-0.2, -0.15) is 0 Å². The van der Waals surface area contributed by atoms with Crippen molar-refractivity contribution in [2.45, 2.75) is 0 Å². The smallest absolute Gasteiger partial charge is 0.0255 e. The molecule has 0 heteroatoms. The number of fused-ring (bicyclic) bond motifs is 4. The predicted molar refractivity (Wildman–Crippen MR) is 200 cm³/mol. The standard InChI is InChI=1S/C46H30/c1-3-7-41-27-33(15-21-39(41)5-1)9-11-35-17-23-45-31-37(19-25-43(45)29-35)13-14-38-20-26-44-30-36(18-24-46(44)32-38)12-10-34-16-22-40-6-2-4-8-42(40)28-34/h1-12,15-32H/b11-9+,12-10+. The van der Waals surface area contributed by atoms with Crippen LogP contribution in [0.2, 0.25) is 0 Å². The number of hydrogen-bond donors (Lipinski definition) is 0. The Bertz CT molecular complexity index is 2350. The number of hydrogen-bond acceptors (Lipinski definition) is 0. The van der Waals surface area contributed by atoms with Gasteiger partial charge in [0, 0.05) is 11.1 Å². The minimum absolute atomic E-state index is 1.02. The van der Waals surface area contributed by atoms with E-state index in [-0.39, 0.29) is 0 Å². The normalized spacial score (nSPS) is 11.6. The first-order chi connectivity index (χ1) is 22.7. The second-order valence-electron chi connectivity index (χ2n) is 11.8. The van der Waals surface area contributed by atoms with Crippen molar-refractivity contribution in [1.29, 1.82) is 0 Å². The van der Waals surface area contributed by atoms with E-state index in [2.05, 4.69) is 194 Å². The van der Waals surface area contributed by atoms with Crippen molar-refractivity contribution in [2.75, 3.05) is 0 Å². The van der Waals surface area contributed by atoms with E-state index in [9.17, 15) is 0 Å². The Morgan fingerprint density at radius 2 is 0.543 bits per heavy atom. The molecule has 0 saturated heterocycles. The van der Waals surface area contributed by atoms with E-state index in [4.69, 9.17) is 0 Å². The van der Waals surface area contributed by atoms with E-state index in [1.807, 2.05) is 0 Å². The molecule has 0 saturated carbocycles. The Labute approximate surface area is 269 Å². The first-order valence-electron chi connectivity index (χ1n) is 15.7. The zero-order valence-electron chi connectivity index (χ0n) is 25.3. The third-order valence-corrected chi connectivity index (χ3v) is 8.56. The molecule has 0 spiro atoms. The third-order valence-electron chi connectivity index (χ3n) is 8.56. The summed E-state index contributed by atoms with van der Waals surface area (Å²) in [6.07, 6.45) is 8.73. The maximum atomic E-state index is 3.38. The van der Waals surface area contributed by atoms with E-state index < -0.39 is 0 Å². The van der Waals surface area contributed by atoms with Gasteiger partial charge in [0.05, 0.1) is 0 Å². The maximum absolute atomic E-state index is 3.38. The molecule has 0 nitrogen and oxygen atoms in total. The van der Waals surface area contributed by atoms with Crippen LogP contribution in [0.25, 0.3) is 67.4 Å². The van der Waals surface area contributed by atoms with Crippen LogP contribution in [-0.2, 0) is 0 Å². The van der Waals surface area contributed by atoms with Gasteiger partial charge < -0.3 is 0 Å². The molecule has 0 aromatic heterocycles. The van der Waals surface area contributed by atoms with Gasteiger partial charge in [-0.15, -0.1) is 0 Å². The molecule has 214 valence electrons. The van der Waals surface area contributed by atoms with Gasteiger partial charge in [-0.3, -0.25) is 0 Å². The Kier molecular flexibility index (Phi) is 7.20.